The fourth-order valence-corrected chi connectivity index (χ4v) is 1.13. The Balaban J connectivity index is 3.75. The summed E-state index contributed by atoms with van der Waals surface area (Å²) in [6.45, 7) is 6.21. The molecule has 0 aliphatic carbocycles. The Morgan fingerprint density at radius 1 is 1.50 bits per heavy atom. The number of rotatable bonds is 6. The molecular weight excluding hydrogens is 199 g/mol. The highest BCUT2D eigenvalue weighted by atomic mass is 31.1. The van der Waals surface area contributed by atoms with Crippen LogP contribution in [0.3, 0.4) is 0 Å². The van der Waals surface area contributed by atoms with E-state index in [2.05, 4.69) is 5.92 Å². The summed E-state index contributed by atoms with van der Waals surface area (Å²) in [7, 11) is -1.99. The van der Waals surface area contributed by atoms with Gasteiger partial charge >= 0.3 is 8.25 Å². The summed E-state index contributed by atoms with van der Waals surface area (Å²) in [6, 6.07) is 0. The van der Waals surface area contributed by atoms with Crippen LogP contribution in [0.1, 0.15) is 20.8 Å². The lowest BCUT2D eigenvalue weighted by Crippen LogP contribution is -2.02. The van der Waals surface area contributed by atoms with E-state index in [-0.39, 0.29) is 12.0 Å². The van der Waals surface area contributed by atoms with Crippen LogP contribution >= 0.6 is 8.25 Å². The molecule has 78 valence electrons. The van der Waals surface area contributed by atoms with Crippen molar-refractivity contribution in [1.29, 1.82) is 0 Å². The number of terminal acetylenes is 1. The highest BCUT2D eigenvalue weighted by molar-refractivity contribution is 7.33. The van der Waals surface area contributed by atoms with Gasteiger partial charge in [0.05, 0.1) is 0 Å². The molecule has 3 nitrogen and oxygen atoms in total. The Morgan fingerprint density at radius 2 is 2.14 bits per heavy atom. The van der Waals surface area contributed by atoms with Crippen molar-refractivity contribution in [2.24, 2.45) is 5.41 Å². The van der Waals surface area contributed by atoms with Gasteiger partial charge in [-0.1, -0.05) is 18.1 Å². The van der Waals surface area contributed by atoms with Crippen LogP contribution in [0.4, 0.5) is 0 Å². The van der Waals surface area contributed by atoms with Crippen LogP contribution < -0.4 is 0 Å². The zero-order valence-corrected chi connectivity index (χ0v) is 9.71. The topological polar surface area (TPSA) is 35.5 Å². The van der Waals surface area contributed by atoms with Crippen molar-refractivity contribution in [2.75, 3.05) is 13.2 Å². The summed E-state index contributed by atoms with van der Waals surface area (Å²) in [5, 5.41) is 0. The molecule has 0 N–H and O–H groups in total. The Hall–Kier alpha value is -0.680. The quantitative estimate of drug-likeness (QED) is 0.388. The molecule has 0 aliphatic heterocycles. The van der Waals surface area contributed by atoms with Crippen LogP contribution in [0.5, 0.6) is 0 Å². The summed E-state index contributed by atoms with van der Waals surface area (Å²) in [5.74, 6) is 2.61. The summed E-state index contributed by atoms with van der Waals surface area (Å²) in [4.78, 5) is 0. The molecule has 0 aromatic rings. The van der Waals surface area contributed by atoms with Crippen LogP contribution in [-0.2, 0) is 13.6 Å². The maximum absolute atomic E-state index is 10.9. The van der Waals surface area contributed by atoms with Gasteiger partial charge in [0.25, 0.3) is 0 Å². The average Bonchev–Trinajstić information content (AvgIpc) is 2.13. The molecule has 0 aromatic heterocycles. The Morgan fingerprint density at radius 3 is 2.64 bits per heavy atom. The van der Waals surface area contributed by atoms with Crippen LogP contribution in [0.15, 0.2) is 12.2 Å². The van der Waals surface area contributed by atoms with Gasteiger partial charge in [0.2, 0.25) is 0 Å². The largest absolute Gasteiger partial charge is 0.697 e. The molecule has 1 unspecified atom stereocenters. The van der Waals surface area contributed by atoms with Gasteiger partial charge in [-0.3, -0.25) is 0 Å². The third-order valence-corrected chi connectivity index (χ3v) is 2.25. The van der Waals surface area contributed by atoms with Gasteiger partial charge in [0, 0.05) is 9.98 Å². The molecule has 0 aliphatic rings. The molecule has 0 fully saturated rings. The molecule has 0 aromatic carbocycles. The van der Waals surface area contributed by atoms with Gasteiger partial charge in [-0.25, -0.2) is 0 Å². The first kappa shape index (κ1) is 13.3. The van der Waals surface area contributed by atoms with Gasteiger partial charge < -0.3 is 0 Å². The first-order valence-electron chi connectivity index (χ1n) is 4.40. The molecule has 0 spiro atoms. The zero-order valence-electron chi connectivity index (χ0n) is 8.82. The van der Waals surface area contributed by atoms with Gasteiger partial charge in [-0.15, -0.1) is 15.5 Å². The molecule has 0 heterocycles. The van der Waals surface area contributed by atoms with Crippen LogP contribution in [0.2, 0.25) is 0 Å². The van der Waals surface area contributed by atoms with E-state index in [0.29, 0.717) is 6.61 Å². The first-order valence-corrected chi connectivity index (χ1v) is 5.50. The lowest BCUT2D eigenvalue weighted by atomic mass is 9.95. The highest BCUT2D eigenvalue weighted by Gasteiger charge is 2.17. The van der Waals surface area contributed by atoms with Crippen molar-refractivity contribution < 1.29 is 13.6 Å². The van der Waals surface area contributed by atoms with E-state index in [1.165, 1.54) is 0 Å². The Labute approximate surface area is 86.4 Å². The average molecular weight is 215 g/mol. The predicted octanol–water partition coefficient (Wildman–Crippen LogP) is 2.91. The molecular formula is C10H16O3P+. The van der Waals surface area contributed by atoms with E-state index in [1.807, 2.05) is 19.9 Å². The van der Waals surface area contributed by atoms with E-state index in [0.717, 1.165) is 0 Å². The van der Waals surface area contributed by atoms with Crippen molar-refractivity contribution in [1.82, 2.24) is 0 Å². The summed E-state index contributed by atoms with van der Waals surface area (Å²) >= 11 is 0. The van der Waals surface area contributed by atoms with E-state index >= 15 is 0 Å². The molecule has 4 heteroatoms. The van der Waals surface area contributed by atoms with Crippen LogP contribution in [0.25, 0.3) is 0 Å². The SMILES string of the molecule is C#CC(C)(C)C=CCO[P+](=O)OCC. The second kappa shape index (κ2) is 6.73. The van der Waals surface area contributed by atoms with Gasteiger partial charge in [0.15, 0.2) is 0 Å². The fraction of sp³-hybridized carbons (Fsp3) is 0.600. The molecule has 0 bridgehead atoms. The first-order chi connectivity index (χ1) is 6.52. The summed E-state index contributed by atoms with van der Waals surface area (Å²) in [5.41, 5.74) is -0.291. The van der Waals surface area contributed by atoms with E-state index in [4.69, 9.17) is 15.5 Å². The second-order valence-corrected chi connectivity index (χ2v) is 4.17. The van der Waals surface area contributed by atoms with Crippen molar-refractivity contribution >= 4 is 8.25 Å². The van der Waals surface area contributed by atoms with Crippen molar-refractivity contribution in [3.63, 3.8) is 0 Å². The predicted molar refractivity (Wildman–Crippen MR) is 56.9 cm³/mol. The highest BCUT2D eigenvalue weighted by Crippen LogP contribution is 2.23. The van der Waals surface area contributed by atoms with Gasteiger partial charge in [0.1, 0.15) is 13.2 Å². The van der Waals surface area contributed by atoms with Crippen LogP contribution in [0, 0.1) is 17.8 Å². The molecule has 0 rings (SSSR count). The zero-order chi connectivity index (χ0) is 11.0. The standard InChI is InChI=1S/C10H16O3P/c1-5-10(3,4)8-7-9-13-14(11)12-6-2/h1,7-8H,6,9H2,2-4H3/q+1. The maximum Gasteiger partial charge on any atom is 0.697 e. The van der Waals surface area contributed by atoms with E-state index in [9.17, 15) is 4.57 Å². The second-order valence-electron chi connectivity index (χ2n) is 3.21. The van der Waals surface area contributed by atoms with E-state index < -0.39 is 8.25 Å². The third-order valence-electron chi connectivity index (χ3n) is 1.42. The van der Waals surface area contributed by atoms with Crippen molar-refractivity contribution in [3.8, 4) is 12.3 Å². The monoisotopic (exact) mass is 215 g/mol. The van der Waals surface area contributed by atoms with Gasteiger partial charge in [-0.2, -0.15) is 0 Å². The van der Waals surface area contributed by atoms with Crippen molar-refractivity contribution in [2.45, 2.75) is 20.8 Å². The minimum Gasteiger partial charge on any atom is -0.119 e. The minimum atomic E-state index is -1.99. The summed E-state index contributed by atoms with van der Waals surface area (Å²) in [6.07, 6.45) is 8.85. The number of hydrogen-bond acceptors (Lipinski definition) is 3. The molecule has 0 radical (unpaired) electrons. The number of allylic oxidation sites excluding steroid dienone is 1. The van der Waals surface area contributed by atoms with Crippen LogP contribution in [-0.4, -0.2) is 13.2 Å². The molecule has 14 heavy (non-hydrogen) atoms. The summed E-state index contributed by atoms with van der Waals surface area (Å²) < 4.78 is 20.4. The molecule has 0 amide bonds. The molecule has 0 saturated carbocycles. The van der Waals surface area contributed by atoms with E-state index in [1.54, 1.807) is 13.0 Å². The third kappa shape index (κ3) is 6.80. The smallest absolute Gasteiger partial charge is 0.119 e. The number of hydrogen-bond donors (Lipinski definition) is 0. The van der Waals surface area contributed by atoms with Crippen molar-refractivity contribution in [3.05, 3.63) is 12.2 Å². The maximum atomic E-state index is 10.9. The molecule has 0 saturated heterocycles. The Kier molecular flexibility index (Phi) is 6.40. The lowest BCUT2D eigenvalue weighted by molar-refractivity contribution is 0.251. The lowest BCUT2D eigenvalue weighted by Gasteiger charge is -2.09. The van der Waals surface area contributed by atoms with Gasteiger partial charge in [-0.05, 0) is 20.8 Å². The normalized spacial score (nSPS) is 12.9. The minimum absolute atomic E-state index is 0.250. The Bertz CT molecular complexity index is 251. The fourth-order valence-electron chi connectivity index (χ4n) is 0.637. The molecule has 1 atom stereocenters.